The van der Waals surface area contributed by atoms with Crippen LogP contribution in [0.5, 0.6) is 0 Å². The molecule has 0 aliphatic rings. The van der Waals surface area contributed by atoms with Crippen molar-refractivity contribution in [3.63, 3.8) is 0 Å². The van der Waals surface area contributed by atoms with Gasteiger partial charge in [-0.1, -0.05) is 26.0 Å². The lowest BCUT2D eigenvalue weighted by atomic mass is 9.84. The predicted octanol–water partition coefficient (Wildman–Crippen LogP) is 1.94. The van der Waals surface area contributed by atoms with Crippen LogP contribution in [0, 0.1) is 5.82 Å². The Balaban J connectivity index is 2.01. The maximum atomic E-state index is 13.5. The summed E-state index contributed by atoms with van der Waals surface area (Å²) >= 11 is 0. The summed E-state index contributed by atoms with van der Waals surface area (Å²) in [6.45, 7) is 5.37. The number of nitrogens with one attached hydrogen (secondary N) is 1. The summed E-state index contributed by atoms with van der Waals surface area (Å²) in [7, 11) is 5.54. The minimum Gasteiger partial charge on any atom is -0.355 e. The van der Waals surface area contributed by atoms with E-state index in [0.717, 1.165) is 17.3 Å². The van der Waals surface area contributed by atoms with Gasteiger partial charge in [-0.05, 0) is 17.7 Å². The Kier molecular flexibility index (Phi) is 5.54. The molecule has 0 amide bonds. The summed E-state index contributed by atoms with van der Waals surface area (Å²) in [4.78, 5) is 10.5. The summed E-state index contributed by atoms with van der Waals surface area (Å²) in [5, 5.41) is 7.43. The van der Waals surface area contributed by atoms with Crippen molar-refractivity contribution in [2.24, 2.45) is 12.0 Å². The van der Waals surface area contributed by atoms with Gasteiger partial charge in [0, 0.05) is 33.1 Å². The number of aryl methyl sites for hydroxylation is 1. The molecule has 0 bridgehead atoms. The number of hydrogen-bond acceptors (Lipinski definition) is 3. The molecule has 1 aromatic carbocycles. The van der Waals surface area contributed by atoms with Crippen LogP contribution in [-0.4, -0.2) is 46.3 Å². The van der Waals surface area contributed by atoms with E-state index >= 15 is 0 Å². The molecule has 0 aliphatic heterocycles. The normalized spacial score (nSPS) is 12.3. The summed E-state index contributed by atoms with van der Waals surface area (Å²) in [6, 6.07) is 6.71. The van der Waals surface area contributed by atoms with E-state index in [4.69, 9.17) is 0 Å². The van der Waals surface area contributed by atoms with Gasteiger partial charge in [-0.15, -0.1) is 0 Å². The fourth-order valence-electron chi connectivity index (χ4n) is 2.45. The Bertz CT molecular complexity index is 707. The third kappa shape index (κ3) is 4.31. The molecule has 0 unspecified atom stereocenters. The van der Waals surface area contributed by atoms with Crippen molar-refractivity contribution in [3.8, 4) is 0 Å². The van der Waals surface area contributed by atoms with Gasteiger partial charge >= 0.3 is 0 Å². The number of halogens is 1. The Labute approximate surface area is 142 Å². The highest BCUT2D eigenvalue weighted by Gasteiger charge is 2.22. The van der Waals surface area contributed by atoms with E-state index in [9.17, 15) is 4.39 Å². The molecule has 0 spiro atoms. The van der Waals surface area contributed by atoms with Crippen LogP contribution in [0.3, 0.4) is 0 Å². The molecule has 0 aliphatic carbocycles. The van der Waals surface area contributed by atoms with Crippen LogP contribution >= 0.6 is 0 Å². The molecule has 1 aromatic heterocycles. The van der Waals surface area contributed by atoms with Crippen LogP contribution in [0.4, 0.5) is 4.39 Å². The molecule has 6 nitrogen and oxygen atoms in total. The quantitative estimate of drug-likeness (QED) is 0.671. The third-order valence-electron chi connectivity index (χ3n) is 4.05. The fourth-order valence-corrected chi connectivity index (χ4v) is 2.45. The van der Waals surface area contributed by atoms with Gasteiger partial charge in [0.25, 0.3) is 0 Å². The van der Waals surface area contributed by atoms with Crippen LogP contribution in [-0.2, 0) is 19.0 Å². The van der Waals surface area contributed by atoms with Gasteiger partial charge in [-0.2, -0.15) is 5.10 Å². The number of benzene rings is 1. The lowest BCUT2D eigenvalue weighted by molar-refractivity contribution is 0.430. The minimum atomic E-state index is -0.232. The largest absolute Gasteiger partial charge is 0.355 e. The van der Waals surface area contributed by atoms with Crippen molar-refractivity contribution < 1.29 is 4.39 Å². The van der Waals surface area contributed by atoms with E-state index in [0.29, 0.717) is 13.1 Å². The Morgan fingerprint density at radius 3 is 2.75 bits per heavy atom. The lowest BCUT2D eigenvalue weighted by Gasteiger charge is -2.29. The van der Waals surface area contributed by atoms with Crippen molar-refractivity contribution >= 4 is 5.96 Å². The predicted molar refractivity (Wildman–Crippen MR) is 93.3 cm³/mol. The molecule has 1 N–H and O–H groups in total. The first-order valence-corrected chi connectivity index (χ1v) is 7.84. The molecule has 24 heavy (non-hydrogen) atoms. The van der Waals surface area contributed by atoms with E-state index in [1.807, 2.05) is 25.1 Å². The molecule has 0 radical (unpaired) electrons. The Hall–Kier alpha value is -2.44. The summed E-state index contributed by atoms with van der Waals surface area (Å²) < 4.78 is 15.2. The average molecular weight is 332 g/mol. The number of rotatable bonds is 5. The topological polar surface area (TPSA) is 58.3 Å². The van der Waals surface area contributed by atoms with Crippen LogP contribution < -0.4 is 5.32 Å². The monoisotopic (exact) mass is 332 g/mol. The number of hydrogen-bond donors (Lipinski definition) is 1. The first-order chi connectivity index (χ1) is 11.3. The maximum Gasteiger partial charge on any atom is 0.193 e. The van der Waals surface area contributed by atoms with Gasteiger partial charge in [0.1, 0.15) is 18.0 Å². The third-order valence-corrected chi connectivity index (χ3v) is 4.05. The van der Waals surface area contributed by atoms with Crippen molar-refractivity contribution in [2.75, 3.05) is 20.6 Å². The average Bonchev–Trinajstić information content (AvgIpc) is 2.93. The second kappa shape index (κ2) is 7.42. The molecule has 0 fully saturated rings. The fraction of sp³-hybridized carbons (Fsp3) is 0.471. The van der Waals surface area contributed by atoms with Crippen LogP contribution in [0.2, 0.25) is 0 Å². The number of aromatic nitrogens is 3. The molecular weight excluding hydrogens is 307 g/mol. The smallest absolute Gasteiger partial charge is 0.193 e. The molecule has 0 saturated carbocycles. The number of guanidine groups is 1. The Morgan fingerprint density at radius 1 is 1.42 bits per heavy atom. The minimum absolute atomic E-state index is 0.218. The molecule has 1 heterocycles. The standard InChI is InChI=1S/C17H25FN6/c1-17(2,13-7-6-8-14(18)9-13)11-20-16(19-3)23(4)10-15-21-12-22-24(15)5/h6-9,12H,10-11H2,1-5H3,(H,19,20). The highest BCUT2D eigenvalue weighted by molar-refractivity contribution is 5.79. The summed E-state index contributed by atoms with van der Waals surface area (Å²) in [5.74, 6) is 1.39. The first kappa shape index (κ1) is 17.9. The van der Waals surface area contributed by atoms with E-state index in [-0.39, 0.29) is 11.2 Å². The molecular formula is C17H25FN6. The molecule has 2 aromatic rings. The van der Waals surface area contributed by atoms with E-state index in [2.05, 4.69) is 34.2 Å². The van der Waals surface area contributed by atoms with Gasteiger partial charge in [-0.25, -0.2) is 9.37 Å². The molecule has 0 atom stereocenters. The molecule has 0 saturated heterocycles. The molecule has 7 heteroatoms. The second-order valence-electron chi connectivity index (χ2n) is 6.45. The summed E-state index contributed by atoms with van der Waals surface area (Å²) in [5.41, 5.74) is 0.713. The van der Waals surface area contributed by atoms with Gasteiger partial charge in [-0.3, -0.25) is 9.67 Å². The van der Waals surface area contributed by atoms with Crippen molar-refractivity contribution in [1.82, 2.24) is 25.0 Å². The van der Waals surface area contributed by atoms with Crippen LogP contribution in [0.25, 0.3) is 0 Å². The number of aliphatic imine (C=N–C) groups is 1. The van der Waals surface area contributed by atoms with Gasteiger partial charge in [0.15, 0.2) is 5.96 Å². The highest BCUT2D eigenvalue weighted by atomic mass is 19.1. The van der Waals surface area contributed by atoms with Crippen molar-refractivity contribution in [1.29, 1.82) is 0 Å². The zero-order valence-electron chi connectivity index (χ0n) is 14.9. The van der Waals surface area contributed by atoms with Crippen LogP contribution in [0.1, 0.15) is 25.2 Å². The highest BCUT2D eigenvalue weighted by Crippen LogP contribution is 2.22. The van der Waals surface area contributed by atoms with E-state index in [1.54, 1.807) is 23.9 Å². The zero-order chi connectivity index (χ0) is 17.7. The van der Waals surface area contributed by atoms with Gasteiger partial charge in [0.2, 0.25) is 0 Å². The van der Waals surface area contributed by atoms with E-state index in [1.165, 1.54) is 12.4 Å². The first-order valence-electron chi connectivity index (χ1n) is 7.84. The van der Waals surface area contributed by atoms with Crippen LogP contribution in [0.15, 0.2) is 35.6 Å². The van der Waals surface area contributed by atoms with Crippen molar-refractivity contribution in [2.45, 2.75) is 25.8 Å². The number of nitrogens with zero attached hydrogens (tertiary/aromatic N) is 5. The van der Waals surface area contributed by atoms with E-state index < -0.39 is 0 Å². The Morgan fingerprint density at radius 2 is 2.17 bits per heavy atom. The van der Waals surface area contributed by atoms with Gasteiger partial charge < -0.3 is 10.2 Å². The molecule has 2 rings (SSSR count). The second-order valence-corrected chi connectivity index (χ2v) is 6.45. The maximum absolute atomic E-state index is 13.5. The lowest BCUT2D eigenvalue weighted by Crippen LogP contribution is -2.44. The van der Waals surface area contributed by atoms with Gasteiger partial charge in [0.05, 0.1) is 6.54 Å². The van der Waals surface area contributed by atoms with Crippen molar-refractivity contribution in [3.05, 3.63) is 47.8 Å². The SMILES string of the molecule is CN=C(NCC(C)(C)c1cccc(F)c1)N(C)Cc1ncnn1C. The molecule has 130 valence electrons. The summed E-state index contributed by atoms with van der Waals surface area (Å²) in [6.07, 6.45) is 1.53. The zero-order valence-corrected chi connectivity index (χ0v) is 14.9.